The van der Waals surface area contributed by atoms with E-state index in [1.165, 1.54) is 0 Å². The number of hydrogen-bond acceptors (Lipinski definition) is 5. The first-order chi connectivity index (χ1) is 12.9. The summed E-state index contributed by atoms with van der Waals surface area (Å²) in [5.41, 5.74) is -0.352. The lowest BCUT2D eigenvalue weighted by Crippen LogP contribution is -2.12. The van der Waals surface area contributed by atoms with Crippen LogP contribution in [0.5, 0.6) is 11.6 Å². The van der Waals surface area contributed by atoms with Crippen LogP contribution in [0, 0.1) is 0 Å². The number of halogens is 3. The summed E-state index contributed by atoms with van der Waals surface area (Å²) in [6.07, 6.45) is -0.0270. The zero-order chi connectivity index (χ0) is 19.7. The van der Waals surface area contributed by atoms with Crippen molar-refractivity contribution in [3.8, 4) is 11.6 Å². The Bertz CT molecular complexity index is 706. The molecule has 1 aromatic carbocycles. The van der Waals surface area contributed by atoms with Crippen molar-refractivity contribution in [2.45, 2.75) is 45.7 Å². The Morgan fingerprint density at radius 2 is 1.70 bits per heavy atom. The van der Waals surface area contributed by atoms with Crippen LogP contribution in [0.25, 0.3) is 0 Å². The Morgan fingerprint density at radius 1 is 0.963 bits per heavy atom. The number of rotatable bonds is 10. The molecule has 0 saturated carbocycles. The van der Waals surface area contributed by atoms with Gasteiger partial charge in [-0.3, -0.25) is 0 Å². The summed E-state index contributed by atoms with van der Waals surface area (Å²) in [6.45, 7) is 4.73. The molecule has 2 aromatic rings. The molecule has 0 radical (unpaired) electrons. The Balaban J connectivity index is 2.05. The van der Waals surface area contributed by atoms with Crippen LogP contribution in [0.15, 0.2) is 30.5 Å². The van der Waals surface area contributed by atoms with Gasteiger partial charge in [0, 0.05) is 11.9 Å². The highest BCUT2D eigenvalue weighted by Gasteiger charge is 2.36. The van der Waals surface area contributed by atoms with Crippen molar-refractivity contribution in [2.24, 2.45) is 0 Å². The maximum Gasteiger partial charge on any atom is 0.423 e. The maximum atomic E-state index is 13.0. The van der Waals surface area contributed by atoms with Crippen molar-refractivity contribution in [1.82, 2.24) is 9.97 Å². The summed E-state index contributed by atoms with van der Waals surface area (Å²) in [5, 5.41) is 2.88. The van der Waals surface area contributed by atoms with E-state index >= 15 is 0 Å². The number of benzene rings is 1. The summed E-state index contributed by atoms with van der Waals surface area (Å²) in [4.78, 5) is 7.62. The number of nitrogens with one attached hydrogen (secondary N) is 1. The molecule has 27 heavy (non-hydrogen) atoms. The van der Waals surface area contributed by atoms with Crippen molar-refractivity contribution in [3.63, 3.8) is 0 Å². The van der Waals surface area contributed by atoms with Gasteiger partial charge in [-0.25, -0.2) is 4.98 Å². The van der Waals surface area contributed by atoms with Crippen LogP contribution in [-0.4, -0.2) is 23.2 Å². The summed E-state index contributed by atoms with van der Waals surface area (Å²) >= 11 is 0. The van der Waals surface area contributed by atoms with Crippen LogP contribution in [0.4, 0.5) is 24.8 Å². The molecule has 0 aliphatic carbocycles. The summed E-state index contributed by atoms with van der Waals surface area (Å²) in [6, 6.07) is 7.07. The standard InChI is InChI=1S/C19H24F3N3O2/c1-3-5-6-12-26-15-9-7-14(8-10-15)24-18-23-13-16(19(20,21)22)17(25-18)27-11-4-2/h7-10,13H,3-6,11-12H2,1-2H3,(H,23,24,25). The lowest BCUT2D eigenvalue weighted by molar-refractivity contribution is -0.139. The van der Waals surface area contributed by atoms with Gasteiger partial charge in [0.05, 0.1) is 13.2 Å². The lowest BCUT2D eigenvalue weighted by atomic mass is 10.2. The first kappa shape index (κ1) is 20.8. The van der Waals surface area contributed by atoms with E-state index in [0.29, 0.717) is 18.7 Å². The van der Waals surface area contributed by atoms with Gasteiger partial charge < -0.3 is 14.8 Å². The monoisotopic (exact) mass is 383 g/mol. The molecule has 1 aromatic heterocycles. The van der Waals surface area contributed by atoms with Gasteiger partial charge in [-0.05, 0) is 37.1 Å². The number of aromatic nitrogens is 2. The number of nitrogens with zero attached hydrogens (tertiary/aromatic N) is 2. The molecule has 0 spiro atoms. The molecule has 2 rings (SSSR count). The van der Waals surface area contributed by atoms with Gasteiger partial charge in [-0.1, -0.05) is 26.7 Å². The number of hydrogen-bond donors (Lipinski definition) is 1. The zero-order valence-corrected chi connectivity index (χ0v) is 15.5. The zero-order valence-electron chi connectivity index (χ0n) is 15.5. The van der Waals surface area contributed by atoms with Gasteiger partial charge in [0.15, 0.2) is 0 Å². The van der Waals surface area contributed by atoms with Gasteiger partial charge in [-0.2, -0.15) is 18.2 Å². The Kier molecular flexibility index (Phi) is 7.69. The molecule has 0 saturated heterocycles. The molecular weight excluding hydrogens is 359 g/mol. The summed E-state index contributed by atoms with van der Waals surface area (Å²) in [7, 11) is 0. The van der Waals surface area contributed by atoms with Gasteiger partial charge in [0.25, 0.3) is 0 Å². The molecule has 0 aliphatic rings. The van der Waals surface area contributed by atoms with Crippen molar-refractivity contribution in [3.05, 3.63) is 36.0 Å². The average molecular weight is 383 g/mol. The van der Waals surface area contributed by atoms with E-state index in [4.69, 9.17) is 9.47 Å². The highest BCUT2D eigenvalue weighted by Crippen LogP contribution is 2.35. The van der Waals surface area contributed by atoms with Crippen molar-refractivity contribution < 1.29 is 22.6 Å². The van der Waals surface area contributed by atoms with Gasteiger partial charge in [0.1, 0.15) is 11.3 Å². The largest absolute Gasteiger partial charge is 0.494 e. The minimum Gasteiger partial charge on any atom is -0.494 e. The van der Waals surface area contributed by atoms with E-state index in [0.717, 1.165) is 31.2 Å². The average Bonchev–Trinajstić information content (AvgIpc) is 2.64. The third kappa shape index (κ3) is 6.62. The molecule has 0 aliphatic heterocycles. The molecule has 1 heterocycles. The Labute approximate surface area is 156 Å². The summed E-state index contributed by atoms with van der Waals surface area (Å²) < 4.78 is 49.9. The number of unbranched alkanes of at least 4 members (excludes halogenated alkanes) is 2. The molecule has 148 valence electrons. The lowest BCUT2D eigenvalue weighted by Gasteiger charge is -2.14. The predicted octanol–water partition coefficient (Wildman–Crippen LogP) is 5.60. The van der Waals surface area contributed by atoms with E-state index in [9.17, 15) is 13.2 Å². The molecule has 1 N–H and O–H groups in total. The van der Waals surface area contributed by atoms with Crippen molar-refractivity contribution in [1.29, 1.82) is 0 Å². The second-order valence-electron chi connectivity index (χ2n) is 5.96. The van der Waals surface area contributed by atoms with Gasteiger partial charge >= 0.3 is 6.18 Å². The highest BCUT2D eigenvalue weighted by molar-refractivity contribution is 5.55. The fraction of sp³-hybridized carbons (Fsp3) is 0.474. The van der Waals surface area contributed by atoms with E-state index in [2.05, 4.69) is 22.2 Å². The molecule has 8 heteroatoms. The molecular formula is C19H24F3N3O2. The smallest absolute Gasteiger partial charge is 0.423 e. The predicted molar refractivity (Wildman–Crippen MR) is 97.6 cm³/mol. The SMILES string of the molecule is CCCCCOc1ccc(Nc2ncc(C(F)(F)F)c(OCCC)n2)cc1. The first-order valence-electron chi connectivity index (χ1n) is 9.01. The molecule has 0 bridgehead atoms. The van der Waals surface area contributed by atoms with Crippen LogP contribution in [0.2, 0.25) is 0 Å². The highest BCUT2D eigenvalue weighted by atomic mass is 19.4. The van der Waals surface area contributed by atoms with Crippen LogP contribution in [0.1, 0.15) is 45.1 Å². The van der Waals surface area contributed by atoms with E-state index in [-0.39, 0.29) is 12.6 Å². The molecule has 0 fully saturated rings. The number of alkyl halides is 3. The van der Waals surface area contributed by atoms with Gasteiger partial charge in [-0.15, -0.1) is 0 Å². The van der Waals surface area contributed by atoms with E-state index in [1.807, 2.05) is 0 Å². The van der Waals surface area contributed by atoms with Crippen LogP contribution >= 0.6 is 0 Å². The van der Waals surface area contributed by atoms with Crippen LogP contribution in [-0.2, 0) is 6.18 Å². The minimum absolute atomic E-state index is 0.0331. The molecule has 0 unspecified atom stereocenters. The van der Waals surface area contributed by atoms with Crippen LogP contribution < -0.4 is 14.8 Å². The third-order valence-electron chi connectivity index (χ3n) is 3.63. The first-order valence-corrected chi connectivity index (χ1v) is 9.01. The van der Waals surface area contributed by atoms with Crippen molar-refractivity contribution >= 4 is 11.6 Å². The fourth-order valence-electron chi connectivity index (χ4n) is 2.24. The normalized spacial score (nSPS) is 11.3. The van der Waals surface area contributed by atoms with Gasteiger partial charge in [0.2, 0.25) is 11.8 Å². The number of anilines is 2. The Hall–Kier alpha value is -2.51. The molecule has 0 atom stereocenters. The van der Waals surface area contributed by atoms with Crippen molar-refractivity contribution in [2.75, 3.05) is 18.5 Å². The third-order valence-corrected chi connectivity index (χ3v) is 3.63. The van der Waals surface area contributed by atoms with E-state index < -0.39 is 17.6 Å². The second-order valence-corrected chi connectivity index (χ2v) is 5.96. The topological polar surface area (TPSA) is 56.3 Å². The van der Waals surface area contributed by atoms with E-state index in [1.54, 1.807) is 31.2 Å². The molecule has 5 nitrogen and oxygen atoms in total. The maximum absolute atomic E-state index is 13.0. The Morgan fingerprint density at radius 3 is 2.33 bits per heavy atom. The minimum atomic E-state index is -4.57. The quantitative estimate of drug-likeness (QED) is 0.542. The van der Waals surface area contributed by atoms with Crippen LogP contribution in [0.3, 0.4) is 0 Å². The molecule has 0 amide bonds. The number of ether oxygens (including phenoxy) is 2. The fourth-order valence-corrected chi connectivity index (χ4v) is 2.24. The second kappa shape index (κ2) is 9.99. The summed E-state index contributed by atoms with van der Waals surface area (Å²) in [5.74, 6) is 0.292.